The average molecular weight is 470 g/mol. The predicted octanol–water partition coefficient (Wildman–Crippen LogP) is 5.10. The number of benzene rings is 2. The standard InChI is InChI=1S/C26H32FN3O2S/c1-2-33(31,32)30-11-7-20(8-12-30)25-17-28-26-6-5-21(16-24(25)26)22-13-19(14-23(27)15-22)18-29-9-3-4-10-29/h5-6,13-17,20,28H,2-4,7-12,18H2,1H3. The molecule has 0 spiro atoms. The van der Waals surface area contributed by atoms with Crippen LogP contribution in [0.4, 0.5) is 4.39 Å². The molecule has 2 saturated heterocycles. The van der Waals surface area contributed by atoms with Gasteiger partial charge in [0, 0.05) is 36.7 Å². The fraction of sp³-hybridized carbons (Fsp3) is 0.462. The summed E-state index contributed by atoms with van der Waals surface area (Å²) in [6.45, 7) is 5.80. The van der Waals surface area contributed by atoms with Crippen molar-refractivity contribution in [2.24, 2.45) is 0 Å². The van der Waals surface area contributed by atoms with Crippen LogP contribution in [0, 0.1) is 5.82 Å². The van der Waals surface area contributed by atoms with Crippen molar-refractivity contribution in [1.29, 1.82) is 0 Å². The highest BCUT2D eigenvalue weighted by atomic mass is 32.2. The first-order valence-corrected chi connectivity index (χ1v) is 13.6. The molecular formula is C26H32FN3O2S. The number of halogens is 1. The number of likely N-dealkylation sites (tertiary alicyclic amines) is 1. The van der Waals surface area contributed by atoms with Gasteiger partial charge in [0.15, 0.2) is 0 Å². The van der Waals surface area contributed by atoms with Crippen molar-refractivity contribution in [3.63, 3.8) is 0 Å². The maximum atomic E-state index is 14.5. The third-order valence-electron chi connectivity index (χ3n) is 7.26. The highest BCUT2D eigenvalue weighted by molar-refractivity contribution is 7.89. The molecular weight excluding hydrogens is 437 g/mol. The summed E-state index contributed by atoms with van der Waals surface area (Å²) < 4.78 is 40.5. The van der Waals surface area contributed by atoms with E-state index in [9.17, 15) is 12.8 Å². The van der Waals surface area contributed by atoms with Gasteiger partial charge >= 0.3 is 0 Å². The average Bonchev–Trinajstić information content (AvgIpc) is 3.48. The molecule has 5 rings (SSSR count). The van der Waals surface area contributed by atoms with Crippen LogP contribution >= 0.6 is 0 Å². The van der Waals surface area contributed by atoms with Gasteiger partial charge in [-0.3, -0.25) is 4.90 Å². The number of H-pyrrole nitrogens is 1. The maximum absolute atomic E-state index is 14.5. The van der Waals surface area contributed by atoms with E-state index in [1.807, 2.05) is 6.07 Å². The number of rotatable bonds is 6. The Labute approximate surface area is 195 Å². The summed E-state index contributed by atoms with van der Waals surface area (Å²) in [5.74, 6) is 0.276. The van der Waals surface area contributed by atoms with Crippen LogP contribution < -0.4 is 0 Å². The van der Waals surface area contributed by atoms with E-state index in [2.05, 4.69) is 34.3 Å². The van der Waals surface area contributed by atoms with E-state index in [1.165, 1.54) is 18.4 Å². The molecule has 0 radical (unpaired) electrons. The lowest BCUT2D eigenvalue weighted by Gasteiger charge is -2.30. The zero-order valence-corrected chi connectivity index (χ0v) is 20.0. The van der Waals surface area contributed by atoms with Gasteiger partial charge in [0.1, 0.15) is 5.82 Å². The van der Waals surface area contributed by atoms with Crippen LogP contribution in [0.25, 0.3) is 22.0 Å². The molecule has 0 unspecified atom stereocenters. The van der Waals surface area contributed by atoms with Crippen molar-refractivity contribution < 1.29 is 12.8 Å². The fourth-order valence-corrected chi connectivity index (χ4v) is 6.53. The van der Waals surface area contributed by atoms with Gasteiger partial charge in [0.05, 0.1) is 5.75 Å². The molecule has 1 aromatic heterocycles. The van der Waals surface area contributed by atoms with Crippen LogP contribution in [0.15, 0.2) is 42.6 Å². The number of aromatic amines is 1. The molecule has 2 aliphatic rings. The Morgan fingerprint density at radius 3 is 2.48 bits per heavy atom. The van der Waals surface area contributed by atoms with Crippen molar-refractivity contribution in [3.05, 3.63) is 59.5 Å². The Morgan fingerprint density at radius 1 is 1.00 bits per heavy atom. The zero-order chi connectivity index (χ0) is 23.0. The molecule has 0 aliphatic carbocycles. The summed E-state index contributed by atoms with van der Waals surface area (Å²) in [6, 6.07) is 11.7. The minimum absolute atomic E-state index is 0.154. The molecule has 0 atom stereocenters. The van der Waals surface area contributed by atoms with Crippen molar-refractivity contribution in [1.82, 2.24) is 14.2 Å². The minimum Gasteiger partial charge on any atom is -0.361 e. The van der Waals surface area contributed by atoms with Crippen LogP contribution in [0.3, 0.4) is 0 Å². The largest absolute Gasteiger partial charge is 0.361 e. The lowest BCUT2D eigenvalue weighted by atomic mass is 9.89. The van der Waals surface area contributed by atoms with Gasteiger partial charge in [0.25, 0.3) is 0 Å². The molecule has 2 aliphatic heterocycles. The van der Waals surface area contributed by atoms with E-state index >= 15 is 0 Å². The van der Waals surface area contributed by atoms with Gasteiger partial charge in [-0.05, 0) is 104 Å². The Balaban J connectivity index is 1.40. The first-order chi connectivity index (χ1) is 15.9. The van der Waals surface area contributed by atoms with Gasteiger partial charge in [-0.1, -0.05) is 6.07 Å². The van der Waals surface area contributed by atoms with Crippen LogP contribution in [0.2, 0.25) is 0 Å². The summed E-state index contributed by atoms with van der Waals surface area (Å²) >= 11 is 0. The number of nitrogens with one attached hydrogen (secondary N) is 1. The third-order valence-corrected chi connectivity index (χ3v) is 9.14. The Bertz CT molecular complexity index is 1240. The Kier molecular flexibility index (Phi) is 6.29. The van der Waals surface area contributed by atoms with Crippen molar-refractivity contribution in [2.75, 3.05) is 31.9 Å². The van der Waals surface area contributed by atoms with E-state index < -0.39 is 10.0 Å². The van der Waals surface area contributed by atoms with Crippen molar-refractivity contribution in [2.45, 2.75) is 45.1 Å². The Morgan fingerprint density at radius 2 is 1.76 bits per heavy atom. The molecule has 176 valence electrons. The number of hydrogen-bond acceptors (Lipinski definition) is 3. The lowest BCUT2D eigenvalue weighted by molar-refractivity contribution is 0.321. The van der Waals surface area contributed by atoms with Gasteiger partial charge in [0.2, 0.25) is 10.0 Å². The molecule has 2 fully saturated rings. The quantitative estimate of drug-likeness (QED) is 0.547. The zero-order valence-electron chi connectivity index (χ0n) is 19.2. The molecule has 3 heterocycles. The predicted molar refractivity (Wildman–Crippen MR) is 131 cm³/mol. The van der Waals surface area contributed by atoms with Crippen LogP contribution in [-0.2, 0) is 16.6 Å². The Hall–Kier alpha value is -2.22. The smallest absolute Gasteiger partial charge is 0.213 e. The third kappa shape index (κ3) is 4.72. The molecule has 3 aromatic rings. The van der Waals surface area contributed by atoms with Gasteiger partial charge < -0.3 is 4.98 Å². The topological polar surface area (TPSA) is 56.4 Å². The highest BCUT2D eigenvalue weighted by Crippen LogP contribution is 2.36. The fourth-order valence-electron chi connectivity index (χ4n) is 5.39. The minimum atomic E-state index is -3.13. The number of piperidine rings is 1. The van der Waals surface area contributed by atoms with Crippen LogP contribution in [0.5, 0.6) is 0 Å². The SMILES string of the molecule is CCS(=O)(=O)N1CCC(c2c[nH]c3ccc(-c4cc(F)cc(CN5CCCC5)c4)cc23)CC1. The summed E-state index contributed by atoms with van der Waals surface area (Å²) in [7, 11) is -3.13. The van der Waals surface area contributed by atoms with Crippen LogP contribution in [-0.4, -0.2) is 54.5 Å². The summed E-state index contributed by atoms with van der Waals surface area (Å²) in [4.78, 5) is 5.76. The second-order valence-electron chi connectivity index (χ2n) is 9.41. The van der Waals surface area contributed by atoms with Gasteiger partial charge in [-0.2, -0.15) is 0 Å². The summed E-state index contributed by atoms with van der Waals surface area (Å²) in [5.41, 5.74) is 5.23. The second kappa shape index (κ2) is 9.20. The molecule has 2 aromatic carbocycles. The van der Waals surface area contributed by atoms with Gasteiger partial charge in [-0.15, -0.1) is 0 Å². The molecule has 0 bridgehead atoms. The van der Waals surface area contributed by atoms with Gasteiger partial charge in [-0.25, -0.2) is 17.1 Å². The number of fused-ring (bicyclic) bond motifs is 1. The first kappa shape index (κ1) is 22.6. The maximum Gasteiger partial charge on any atom is 0.213 e. The van der Waals surface area contributed by atoms with E-state index in [1.54, 1.807) is 23.4 Å². The second-order valence-corrected chi connectivity index (χ2v) is 11.7. The number of aromatic nitrogens is 1. The molecule has 0 saturated carbocycles. The number of nitrogens with zero attached hydrogens (tertiary/aromatic N) is 2. The van der Waals surface area contributed by atoms with E-state index in [0.29, 0.717) is 19.0 Å². The molecule has 1 N–H and O–H groups in total. The van der Waals surface area contributed by atoms with E-state index in [0.717, 1.165) is 60.1 Å². The van der Waals surface area contributed by atoms with Crippen molar-refractivity contribution in [3.8, 4) is 11.1 Å². The highest BCUT2D eigenvalue weighted by Gasteiger charge is 2.28. The normalized spacial score (nSPS) is 19.0. The van der Waals surface area contributed by atoms with E-state index in [-0.39, 0.29) is 11.6 Å². The molecule has 5 nitrogen and oxygen atoms in total. The first-order valence-electron chi connectivity index (χ1n) is 12.0. The monoisotopic (exact) mass is 469 g/mol. The summed E-state index contributed by atoms with van der Waals surface area (Å²) in [6.07, 6.45) is 6.14. The molecule has 33 heavy (non-hydrogen) atoms. The van der Waals surface area contributed by atoms with Crippen LogP contribution in [0.1, 0.15) is 49.7 Å². The number of hydrogen-bond donors (Lipinski definition) is 1. The summed E-state index contributed by atoms with van der Waals surface area (Å²) in [5, 5.41) is 1.15. The molecule has 0 amide bonds. The van der Waals surface area contributed by atoms with Crippen molar-refractivity contribution >= 4 is 20.9 Å². The number of sulfonamides is 1. The van der Waals surface area contributed by atoms with E-state index in [4.69, 9.17) is 0 Å². The lowest BCUT2D eigenvalue weighted by Crippen LogP contribution is -2.38. The molecule has 7 heteroatoms.